The number of carbonyl (C=O) groups excluding carboxylic acids is 3. The second-order valence-corrected chi connectivity index (χ2v) is 9.90. The summed E-state index contributed by atoms with van der Waals surface area (Å²) < 4.78 is 10.2. The monoisotopic (exact) mass is 526 g/mol. The van der Waals surface area contributed by atoms with Crippen LogP contribution in [0.2, 0.25) is 5.02 Å². The Labute approximate surface area is 221 Å². The van der Waals surface area contributed by atoms with Gasteiger partial charge in [0.25, 0.3) is 0 Å². The molecule has 0 aliphatic rings. The highest BCUT2D eigenvalue weighted by Crippen LogP contribution is 2.34. The second kappa shape index (κ2) is 11.9. The number of aromatic nitrogens is 1. The molecule has 1 aromatic heterocycles. The molecule has 0 spiro atoms. The number of nitrogens with one attached hydrogen (secondary N) is 2. The molecule has 0 radical (unpaired) electrons. The van der Waals surface area contributed by atoms with Gasteiger partial charge in [0.1, 0.15) is 17.6 Å². The van der Waals surface area contributed by atoms with Crippen LogP contribution in [-0.4, -0.2) is 35.5 Å². The Morgan fingerprint density at radius 1 is 1.08 bits per heavy atom. The average Bonchev–Trinajstić information content (AvgIpc) is 3.25. The van der Waals surface area contributed by atoms with Crippen LogP contribution in [0.15, 0.2) is 59.1 Å². The maximum absolute atomic E-state index is 13.7. The maximum atomic E-state index is 13.7. The van der Waals surface area contributed by atoms with E-state index in [0.717, 1.165) is 0 Å². The molecule has 0 unspecified atom stereocenters. The molecule has 3 aromatic rings. The fraction of sp³-hybridized carbons (Fsp3) is 0.333. The van der Waals surface area contributed by atoms with Crippen LogP contribution in [0, 0.1) is 6.92 Å². The number of anilines is 2. The van der Waals surface area contributed by atoms with Gasteiger partial charge < -0.3 is 19.9 Å². The lowest BCUT2D eigenvalue weighted by Crippen LogP contribution is -2.49. The predicted molar refractivity (Wildman–Crippen MR) is 142 cm³/mol. The Hall–Kier alpha value is -3.85. The molecule has 0 saturated carbocycles. The van der Waals surface area contributed by atoms with E-state index >= 15 is 0 Å². The number of hydrogen-bond acceptors (Lipinski definition) is 6. The van der Waals surface area contributed by atoms with Crippen LogP contribution in [0.4, 0.5) is 11.5 Å². The van der Waals surface area contributed by atoms with Crippen LogP contribution >= 0.6 is 11.6 Å². The van der Waals surface area contributed by atoms with Crippen molar-refractivity contribution in [3.8, 4) is 5.75 Å². The summed E-state index contributed by atoms with van der Waals surface area (Å²) in [6.07, 6.45) is -0.300. The summed E-state index contributed by atoms with van der Waals surface area (Å²) in [7, 11) is 1.54. The van der Waals surface area contributed by atoms with Crippen molar-refractivity contribution in [1.82, 2.24) is 10.5 Å². The molecule has 37 heavy (non-hydrogen) atoms. The molecule has 196 valence electrons. The summed E-state index contributed by atoms with van der Waals surface area (Å²) in [5.74, 6) is 0.138. The molecular weight excluding hydrogens is 496 g/mol. The molecular formula is C27H31ClN4O5. The second-order valence-electron chi connectivity index (χ2n) is 9.50. The minimum Gasteiger partial charge on any atom is -0.497 e. The summed E-state index contributed by atoms with van der Waals surface area (Å²) in [4.78, 5) is 41.2. The number of rotatable bonds is 9. The molecule has 1 atom stereocenters. The molecule has 2 N–H and O–H groups in total. The number of benzene rings is 2. The molecule has 0 fully saturated rings. The highest BCUT2D eigenvalue weighted by molar-refractivity contribution is 6.31. The van der Waals surface area contributed by atoms with Crippen LogP contribution in [0.1, 0.15) is 51.0 Å². The lowest BCUT2D eigenvalue weighted by Gasteiger charge is -2.34. The Bertz CT molecular complexity index is 1250. The molecule has 0 aliphatic carbocycles. The van der Waals surface area contributed by atoms with E-state index in [-0.39, 0.29) is 18.7 Å². The largest absolute Gasteiger partial charge is 0.497 e. The fourth-order valence-electron chi connectivity index (χ4n) is 3.68. The van der Waals surface area contributed by atoms with Crippen LogP contribution < -0.4 is 20.3 Å². The highest BCUT2D eigenvalue weighted by Gasteiger charge is 2.35. The van der Waals surface area contributed by atoms with Crippen molar-refractivity contribution in [2.24, 2.45) is 0 Å². The predicted octanol–water partition coefficient (Wildman–Crippen LogP) is 5.05. The van der Waals surface area contributed by atoms with Crippen LogP contribution in [0.5, 0.6) is 5.75 Å². The van der Waals surface area contributed by atoms with Crippen molar-refractivity contribution < 1.29 is 23.6 Å². The standard InChI is InChI=1S/C27H31ClN4O5/c1-17-16-22(31-37-17)29-23(33)14-15-24(34)32(18-10-12-19(36-5)13-11-18)25(26(35)30-27(2,3)4)20-8-6-7-9-21(20)28/h6-13,16,25H,14-15H2,1-5H3,(H,30,35)(H,29,31,33)/t25-/m1/s1. The maximum Gasteiger partial charge on any atom is 0.248 e. The molecule has 2 aromatic carbocycles. The Morgan fingerprint density at radius 2 is 1.76 bits per heavy atom. The quantitative estimate of drug-likeness (QED) is 0.403. The minimum atomic E-state index is -1.09. The van der Waals surface area contributed by atoms with Crippen molar-refractivity contribution in [2.45, 2.75) is 52.1 Å². The third-order valence-electron chi connectivity index (χ3n) is 5.29. The Morgan fingerprint density at radius 3 is 2.32 bits per heavy atom. The van der Waals surface area contributed by atoms with Gasteiger partial charge in [-0.3, -0.25) is 19.3 Å². The lowest BCUT2D eigenvalue weighted by atomic mass is 10.00. The van der Waals surface area contributed by atoms with E-state index in [1.54, 1.807) is 61.5 Å². The number of nitrogens with zero attached hydrogens (tertiary/aromatic N) is 2. The first-order chi connectivity index (χ1) is 17.5. The normalized spacial score (nSPS) is 11.9. The minimum absolute atomic E-state index is 0.131. The molecule has 10 heteroatoms. The van der Waals surface area contributed by atoms with Gasteiger partial charge in [0.05, 0.1) is 7.11 Å². The summed E-state index contributed by atoms with van der Waals surface area (Å²) in [6, 6.07) is 14.1. The van der Waals surface area contributed by atoms with Crippen LogP contribution in [-0.2, 0) is 14.4 Å². The summed E-state index contributed by atoms with van der Waals surface area (Å²) >= 11 is 6.52. The number of carbonyl (C=O) groups is 3. The molecule has 0 aliphatic heterocycles. The number of methoxy groups -OCH3 is 1. The fourth-order valence-corrected chi connectivity index (χ4v) is 3.92. The van der Waals surface area contributed by atoms with Gasteiger partial charge in [-0.2, -0.15) is 0 Å². The number of halogens is 1. The van der Waals surface area contributed by atoms with Gasteiger partial charge >= 0.3 is 0 Å². The van der Waals surface area contributed by atoms with Gasteiger partial charge in [0.2, 0.25) is 17.7 Å². The molecule has 1 heterocycles. The average molecular weight is 527 g/mol. The first-order valence-corrected chi connectivity index (χ1v) is 12.1. The zero-order chi connectivity index (χ0) is 27.2. The SMILES string of the molecule is COc1ccc(N(C(=O)CCC(=O)Nc2cc(C)on2)[C@@H](C(=O)NC(C)(C)C)c2ccccc2Cl)cc1. The highest BCUT2D eigenvalue weighted by atomic mass is 35.5. The molecule has 3 rings (SSSR count). The van der Waals surface area contributed by atoms with E-state index in [0.29, 0.717) is 27.8 Å². The van der Waals surface area contributed by atoms with E-state index in [1.807, 2.05) is 20.8 Å². The number of hydrogen-bond donors (Lipinski definition) is 2. The van der Waals surface area contributed by atoms with Gasteiger partial charge in [-0.1, -0.05) is 35.0 Å². The van der Waals surface area contributed by atoms with Gasteiger partial charge in [-0.15, -0.1) is 0 Å². The van der Waals surface area contributed by atoms with Crippen molar-refractivity contribution in [2.75, 3.05) is 17.3 Å². The van der Waals surface area contributed by atoms with E-state index in [4.69, 9.17) is 20.9 Å². The zero-order valence-electron chi connectivity index (χ0n) is 21.5. The first-order valence-electron chi connectivity index (χ1n) is 11.7. The third kappa shape index (κ3) is 7.57. The van der Waals surface area contributed by atoms with Crippen LogP contribution in [0.3, 0.4) is 0 Å². The summed E-state index contributed by atoms with van der Waals surface area (Å²) in [5, 5.41) is 9.63. The molecule has 3 amide bonds. The topological polar surface area (TPSA) is 114 Å². The Kier molecular flexibility index (Phi) is 8.94. The van der Waals surface area contributed by atoms with E-state index in [9.17, 15) is 14.4 Å². The number of aryl methyl sites for hydroxylation is 1. The van der Waals surface area contributed by atoms with E-state index in [2.05, 4.69) is 15.8 Å². The molecule has 0 bridgehead atoms. The summed E-state index contributed by atoms with van der Waals surface area (Å²) in [6.45, 7) is 7.26. The van der Waals surface area contributed by atoms with Crippen molar-refractivity contribution in [1.29, 1.82) is 0 Å². The van der Waals surface area contributed by atoms with Gasteiger partial charge in [0.15, 0.2) is 5.82 Å². The van der Waals surface area contributed by atoms with E-state index < -0.39 is 29.3 Å². The zero-order valence-corrected chi connectivity index (χ0v) is 22.3. The van der Waals surface area contributed by atoms with Gasteiger partial charge in [-0.25, -0.2) is 0 Å². The van der Waals surface area contributed by atoms with Gasteiger partial charge in [-0.05, 0) is 58.0 Å². The van der Waals surface area contributed by atoms with Crippen molar-refractivity contribution in [3.05, 3.63) is 70.9 Å². The smallest absolute Gasteiger partial charge is 0.248 e. The summed E-state index contributed by atoms with van der Waals surface area (Å²) in [5.41, 5.74) is 0.339. The van der Waals surface area contributed by atoms with E-state index in [1.165, 1.54) is 12.0 Å². The first kappa shape index (κ1) is 27.7. The Balaban J connectivity index is 1.97. The number of ether oxygens (including phenoxy) is 1. The van der Waals surface area contributed by atoms with Crippen molar-refractivity contribution >= 4 is 40.8 Å². The lowest BCUT2D eigenvalue weighted by molar-refractivity contribution is -0.128. The molecule has 9 nitrogen and oxygen atoms in total. The van der Waals surface area contributed by atoms with Crippen LogP contribution in [0.25, 0.3) is 0 Å². The number of amides is 3. The molecule has 0 saturated heterocycles. The van der Waals surface area contributed by atoms with Gasteiger partial charge in [0, 0.05) is 40.7 Å². The van der Waals surface area contributed by atoms with Crippen molar-refractivity contribution in [3.63, 3.8) is 0 Å². The third-order valence-corrected chi connectivity index (χ3v) is 5.63.